The fourth-order valence-electron chi connectivity index (χ4n) is 0.984. The average molecular weight is 351 g/mol. The molecule has 0 spiro atoms. The van der Waals surface area contributed by atoms with Crippen LogP contribution in [0.25, 0.3) is 11.5 Å². The highest BCUT2D eigenvalue weighted by molar-refractivity contribution is 14.1. The van der Waals surface area contributed by atoms with E-state index in [1.165, 1.54) is 6.39 Å². The molecule has 13 heavy (non-hydrogen) atoms. The van der Waals surface area contributed by atoms with Crippen LogP contribution in [0.2, 0.25) is 0 Å². The summed E-state index contributed by atoms with van der Waals surface area (Å²) in [5.41, 5.74) is 0.945. The molecule has 3 nitrogen and oxygen atoms in total. The van der Waals surface area contributed by atoms with Crippen LogP contribution in [-0.4, -0.2) is 10.2 Å². The lowest BCUT2D eigenvalue weighted by Crippen LogP contribution is -1.84. The maximum atomic E-state index is 5.12. The molecule has 2 rings (SSSR count). The monoisotopic (exact) mass is 350 g/mol. The minimum absolute atomic E-state index is 0.539. The van der Waals surface area contributed by atoms with Gasteiger partial charge in [-0.1, -0.05) is 6.07 Å². The van der Waals surface area contributed by atoms with E-state index in [1.807, 2.05) is 18.2 Å². The number of nitrogens with zero attached hydrogens (tertiary/aromatic N) is 2. The van der Waals surface area contributed by atoms with E-state index in [-0.39, 0.29) is 0 Å². The molecular weight excluding hydrogens is 347 g/mol. The molecule has 0 unspecified atom stereocenters. The van der Waals surface area contributed by atoms with Crippen molar-refractivity contribution in [2.75, 3.05) is 0 Å². The van der Waals surface area contributed by atoms with Gasteiger partial charge in [-0.15, -0.1) is 10.2 Å². The molecule has 66 valence electrons. The zero-order chi connectivity index (χ0) is 9.26. The van der Waals surface area contributed by atoms with Crippen LogP contribution < -0.4 is 0 Å². The quantitative estimate of drug-likeness (QED) is 0.742. The Balaban J connectivity index is 2.64. The molecule has 0 N–H and O–H groups in total. The van der Waals surface area contributed by atoms with Crippen molar-refractivity contribution in [2.45, 2.75) is 0 Å². The van der Waals surface area contributed by atoms with Crippen molar-refractivity contribution >= 4 is 38.5 Å². The summed E-state index contributed by atoms with van der Waals surface area (Å²) in [4.78, 5) is 0. The Bertz CT molecular complexity index is 396. The van der Waals surface area contributed by atoms with Crippen molar-refractivity contribution in [3.8, 4) is 11.5 Å². The van der Waals surface area contributed by atoms with Gasteiger partial charge in [-0.05, 0) is 50.7 Å². The van der Waals surface area contributed by atoms with E-state index in [2.05, 4.69) is 48.7 Å². The third kappa shape index (κ3) is 1.76. The first-order valence-corrected chi connectivity index (χ1v) is 5.37. The van der Waals surface area contributed by atoms with Gasteiger partial charge in [-0.3, -0.25) is 0 Å². The van der Waals surface area contributed by atoms with Gasteiger partial charge in [-0.25, -0.2) is 0 Å². The molecule has 0 radical (unpaired) electrons. The zero-order valence-corrected chi connectivity index (χ0v) is 10.1. The Morgan fingerprint density at radius 1 is 1.38 bits per heavy atom. The van der Waals surface area contributed by atoms with Gasteiger partial charge in [-0.2, -0.15) is 0 Å². The SMILES string of the molecule is Brc1cccc(I)c1-c1nnco1. The molecule has 0 atom stereocenters. The lowest BCUT2D eigenvalue weighted by Gasteiger charge is -2.00. The molecule has 0 fully saturated rings. The van der Waals surface area contributed by atoms with Crippen LogP contribution in [-0.2, 0) is 0 Å². The molecule has 0 aliphatic rings. The third-order valence-corrected chi connectivity index (χ3v) is 3.10. The maximum absolute atomic E-state index is 5.12. The molecule has 0 bridgehead atoms. The van der Waals surface area contributed by atoms with Crippen LogP contribution in [0.4, 0.5) is 0 Å². The highest BCUT2D eigenvalue weighted by atomic mass is 127. The number of hydrogen-bond donors (Lipinski definition) is 0. The molecule has 1 heterocycles. The smallest absolute Gasteiger partial charge is 0.249 e. The molecular formula is C8H4BrIN2O. The highest BCUT2D eigenvalue weighted by Gasteiger charge is 2.11. The second kappa shape index (κ2) is 3.75. The van der Waals surface area contributed by atoms with Gasteiger partial charge >= 0.3 is 0 Å². The van der Waals surface area contributed by atoms with Gasteiger partial charge in [0, 0.05) is 8.04 Å². The van der Waals surface area contributed by atoms with Crippen LogP contribution >= 0.6 is 38.5 Å². The summed E-state index contributed by atoms with van der Waals surface area (Å²) in [6.45, 7) is 0. The van der Waals surface area contributed by atoms with E-state index < -0.39 is 0 Å². The molecule has 1 aromatic heterocycles. The number of benzene rings is 1. The van der Waals surface area contributed by atoms with Crippen molar-refractivity contribution in [3.63, 3.8) is 0 Å². The highest BCUT2D eigenvalue weighted by Crippen LogP contribution is 2.30. The van der Waals surface area contributed by atoms with E-state index >= 15 is 0 Å². The van der Waals surface area contributed by atoms with Crippen molar-refractivity contribution in [1.82, 2.24) is 10.2 Å². The second-order valence-corrected chi connectivity index (χ2v) is 4.36. The molecule has 0 aliphatic heterocycles. The Labute approximate surface area is 96.8 Å². The fraction of sp³-hybridized carbons (Fsp3) is 0. The Kier molecular flexibility index (Phi) is 2.63. The molecule has 0 saturated heterocycles. The minimum atomic E-state index is 0.539. The number of rotatable bonds is 1. The number of aromatic nitrogens is 2. The minimum Gasteiger partial charge on any atom is -0.423 e. The van der Waals surface area contributed by atoms with Gasteiger partial charge in [0.25, 0.3) is 0 Å². The summed E-state index contributed by atoms with van der Waals surface area (Å²) in [5.74, 6) is 0.539. The topological polar surface area (TPSA) is 38.9 Å². The summed E-state index contributed by atoms with van der Waals surface area (Å²) in [6, 6.07) is 5.90. The standard InChI is InChI=1S/C8H4BrIN2O/c9-5-2-1-3-6(10)7(5)8-12-11-4-13-8/h1-4H. The number of halogens is 2. The van der Waals surface area contributed by atoms with Crippen molar-refractivity contribution in [2.24, 2.45) is 0 Å². The largest absolute Gasteiger partial charge is 0.423 e. The molecule has 0 amide bonds. The van der Waals surface area contributed by atoms with Gasteiger partial charge in [0.15, 0.2) is 0 Å². The zero-order valence-electron chi connectivity index (χ0n) is 6.37. The molecule has 1 aromatic carbocycles. The first-order chi connectivity index (χ1) is 6.29. The van der Waals surface area contributed by atoms with Crippen molar-refractivity contribution in [3.05, 3.63) is 32.6 Å². The van der Waals surface area contributed by atoms with Gasteiger partial charge < -0.3 is 4.42 Å². The molecule has 0 saturated carbocycles. The summed E-state index contributed by atoms with van der Waals surface area (Å²) >= 11 is 5.67. The lowest BCUT2D eigenvalue weighted by molar-refractivity contribution is 0.568. The lowest BCUT2D eigenvalue weighted by atomic mass is 10.2. The van der Waals surface area contributed by atoms with Gasteiger partial charge in [0.2, 0.25) is 12.3 Å². The van der Waals surface area contributed by atoms with Crippen LogP contribution in [0.1, 0.15) is 0 Å². The predicted molar refractivity (Wildman–Crippen MR) is 60.2 cm³/mol. The summed E-state index contributed by atoms with van der Waals surface area (Å²) in [5, 5.41) is 7.50. The average Bonchev–Trinajstić information content (AvgIpc) is 2.57. The van der Waals surface area contributed by atoms with E-state index in [0.29, 0.717) is 5.89 Å². The Hall–Kier alpha value is -0.430. The van der Waals surface area contributed by atoms with Crippen LogP contribution in [0.15, 0.2) is 33.5 Å². The van der Waals surface area contributed by atoms with E-state index in [9.17, 15) is 0 Å². The first kappa shape index (κ1) is 9.14. The van der Waals surface area contributed by atoms with Crippen LogP contribution in [0.3, 0.4) is 0 Å². The van der Waals surface area contributed by atoms with E-state index in [1.54, 1.807) is 0 Å². The first-order valence-electron chi connectivity index (χ1n) is 3.49. The summed E-state index contributed by atoms with van der Waals surface area (Å²) in [7, 11) is 0. The Morgan fingerprint density at radius 3 is 2.85 bits per heavy atom. The molecule has 2 aromatic rings. The van der Waals surface area contributed by atoms with Crippen molar-refractivity contribution in [1.29, 1.82) is 0 Å². The van der Waals surface area contributed by atoms with Crippen LogP contribution in [0.5, 0.6) is 0 Å². The molecule has 5 heteroatoms. The Morgan fingerprint density at radius 2 is 2.23 bits per heavy atom. The van der Waals surface area contributed by atoms with E-state index in [0.717, 1.165) is 13.6 Å². The van der Waals surface area contributed by atoms with Crippen molar-refractivity contribution < 1.29 is 4.42 Å². The third-order valence-electron chi connectivity index (χ3n) is 1.54. The second-order valence-electron chi connectivity index (χ2n) is 2.34. The summed E-state index contributed by atoms with van der Waals surface area (Å²) in [6.07, 6.45) is 1.32. The number of hydrogen-bond acceptors (Lipinski definition) is 3. The van der Waals surface area contributed by atoms with Gasteiger partial charge in [0.1, 0.15) is 0 Å². The summed E-state index contributed by atoms with van der Waals surface area (Å²) < 4.78 is 7.17. The predicted octanol–water partition coefficient (Wildman–Crippen LogP) is 3.10. The van der Waals surface area contributed by atoms with E-state index in [4.69, 9.17) is 4.42 Å². The fourth-order valence-corrected chi connectivity index (χ4v) is 2.62. The normalized spacial score (nSPS) is 10.3. The molecule has 0 aliphatic carbocycles. The maximum Gasteiger partial charge on any atom is 0.249 e. The van der Waals surface area contributed by atoms with Crippen LogP contribution in [0, 0.1) is 3.57 Å². The van der Waals surface area contributed by atoms with Gasteiger partial charge in [0.05, 0.1) is 5.56 Å².